The number of hydrogen-bond acceptors (Lipinski definition) is 2. The zero-order valence-corrected chi connectivity index (χ0v) is 6.84. The van der Waals surface area contributed by atoms with Gasteiger partial charge in [0.25, 0.3) is 0 Å². The molecule has 52 valence electrons. The van der Waals surface area contributed by atoms with Crippen molar-refractivity contribution in [3.8, 4) is 0 Å². The van der Waals surface area contributed by atoms with Crippen molar-refractivity contribution in [1.82, 2.24) is 4.98 Å². The predicted molar refractivity (Wildman–Crippen MR) is 41.7 cm³/mol. The molecular formula is C7H6BrNO. The highest BCUT2D eigenvalue weighted by molar-refractivity contribution is 9.10. The number of halogens is 1. The van der Waals surface area contributed by atoms with Gasteiger partial charge < -0.3 is 4.79 Å². The molecule has 1 aromatic rings. The fourth-order valence-corrected chi connectivity index (χ4v) is 1.06. The number of aromatic nitrogens is 1. The molecule has 0 aliphatic carbocycles. The van der Waals surface area contributed by atoms with Gasteiger partial charge in [0.2, 0.25) is 0 Å². The molecule has 0 aromatic carbocycles. The lowest BCUT2D eigenvalue weighted by atomic mass is 10.3. The first-order chi connectivity index (χ1) is 4.84. The van der Waals surface area contributed by atoms with E-state index >= 15 is 0 Å². The summed E-state index contributed by atoms with van der Waals surface area (Å²) in [5.41, 5.74) is 0.789. The Kier molecular flexibility index (Phi) is 2.57. The normalized spacial score (nSPS) is 9.30. The Morgan fingerprint density at radius 3 is 3.10 bits per heavy atom. The molecule has 0 unspecified atom stereocenters. The fourth-order valence-electron chi connectivity index (χ4n) is 0.648. The Bertz CT molecular complexity index is 237. The van der Waals surface area contributed by atoms with E-state index < -0.39 is 0 Å². The molecule has 0 atom stereocenters. The molecule has 0 bridgehead atoms. The van der Waals surface area contributed by atoms with Crippen molar-refractivity contribution in [1.29, 1.82) is 0 Å². The van der Waals surface area contributed by atoms with Gasteiger partial charge in [-0.3, -0.25) is 4.98 Å². The molecule has 0 N–H and O–H groups in total. The van der Waals surface area contributed by atoms with Crippen LogP contribution in [0.3, 0.4) is 0 Å². The van der Waals surface area contributed by atoms with Crippen LogP contribution in [-0.2, 0) is 11.2 Å². The molecule has 0 amide bonds. The first-order valence-corrected chi connectivity index (χ1v) is 3.67. The average molecular weight is 200 g/mol. The van der Waals surface area contributed by atoms with Crippen molar-refractivity contribution < 1.29 is 4.79 Å². The molecule has 0 saturated carbocycles. The molecule has 1 heterocycles. The summed E-state index contributed by atoms with van der Waals surface area (Å²) in [6.45, 7) is 0. The van der Waals surface area contributed by atoms with Gasteiger partial charge in [-0.2, -0.15) is 0 Å². The fraction of sp³-hybridized carbons (Fsp3) is 0.143. The van der Waals surface area contributed by atoms with Crippen LogP contribution in [0.15, 0.2) is 22.8 Å². The van der Waals surface area contributed by atoms with Crippen LogP contribution in [0.1, 0.15) is 5.69 Å². The minimum absolute atomic E-state index is 0.376. The van der Waals surface area contributed by atoms with Crippen LogP contribution in [0.5, 0.6) is 0 Å². The van der Waals surface area contributed by atoms with Gasteiger partial charge in [-0.1, -0.05) is 0 Å². The van der Waals surface area contributed by atoms with E-state index in [1.54, 1.807) is 6.20 Å². The van der Waals surface area contributed by atoms with E-state index in [4.69, 9.17) is 0 Å². The van der Waals surface area contributed by atoms with Crippen LogP contribution in [0.4, 0.5) is 0 Å². The van der Waals surface area contributed by atoms with Gasteiger partial charge in [0, 0.05) is 17.1 Å². The number of nitrogens with zero attached hydrogens (tertiary/aromatic N) is 1. The van der Waals surface area contributed by atoms with Crippen LogP contribution >= 0.6 is 15.9 Å². The van der Waals surface area contributed by atoms with Crippen LogP contribution in [0.25, 0.3) is 0 Å². The van der Waals surface area contributed by atoms with E-state index in [1.807, 2.05) is 12.1 Å². The van der Waals surface area contributed by atoms with Crippen LogP contribution in [0, 0.1) is 0 Å². The summed E-state index contributed by atoms with van der Waals surface area (Å²) >= 11 is 3.28. The molecule has 1 rings (SSSR count). The number of rotatable bonds is 2. The summed E-state index contributed by atoms with van der Waals surface area (Å²) in [4.78, 5) is 14.1. The monoisotopic (exact) mass is 199 g/mol. The average Bonchev–Trinajstić information content (AvgIpc) is 1.94. The van der Waals surface area contributed by atoms with Crippen LogP contribution in [0.2, 0.25) is 0 Å². The molecule has 0 saturated heterocycles. The minimum atomic E-state index is 0.376. The third-order valence-electron chi connectivity index (χ3n) is 1.11. The van der Waals surface area contributed by atoms with Gasteiger partial charge in [-0.05, 0) is 28.1 Å². The van der Waals surface area contributed by atoms with Crippen molar-refractivity contribution in [2.24, 2.45) is 0 Å². The summed E-state index contributed by atoms with van der Waals surface area (Å²) in [6, 6.07) is 3.68. The van der Waals surface area contributed by atoms with Gasteiger partial charge in [-0.15, -0.1) is 0 Å². The third-order valence-corrected chi connectivity index (χ3v) is 1.83. The lowest BCUT2D eigenvalue weighted by Gasteiger charge is -1.94. The molecule has 0 fully saturated rings. The lowest BCUT2D eigenvalue weighted by Crippen LogP contribution is -1.90. The summed E-state index contributed by atoms with van der Waals surface area (Å²) < 4.78 is 0.891. The van der Waals surface area contributed by atoms with E-state index in [1.165, 1.54) is 0 Å². The maximum Gasteiger partial charge on any atom is 0.125 e. The highest BCUT2D eigenvalue weighted by Crippen LogP contribution is 2.12. The van der Waals surface area contributed by atoms with Crippen LogP contribution in [-0.4, -0.2) is 11.3 Å². The highest BCUT2D eigenvalue weighted by atomic mass is 79.9. The first kappa shape index (κ1) is 7.41. The second kappa shape index (κ2) is 3.46. The molecule has 0 radical (unpaired) electrons. The Labute approximate surface area is 67.4 Å². The van der Waals surface area contributed by atoms with E-state index in [0.29, 0.717) is 6.42 Å². The molecular weight excluding hydrogens is 194 g/mol. The van der Waals surface area contributed by atoms with E-state index in [2.05, 4.69) is 20.9 Å². The third kappa shape index (κ3) is 1.64. The summed E-state index contributed by atoms with van der Waals surface area (Å²) in [7, 11) is 0. The molecule has 2 nitrogen and oxygen atoms in total. The summed E-state index contributed by atoms with van der Waals surface area (Å²) in [5, 5.41) is 0. The second-order valence-electron chi connectivity index (χ2n) is 1.80. The standard InChI is InChI=1S/C7H6BrNO/c8-6-2-1-4-9-7(6)3-5-10/h1-2,4-5H,3H2. The zero-order chi connectivity index (χ0) is 7.40. The van der Waals surface area contributed by atoms with Gasteiger partial charge >= 0.3 is 0 Å². The largest absolute Gasteiger partial charge is 0.303 e. The maximum atomic E-state index is 10.1. The number of hydrogen-bond donors (Lipinski definition) is 0. The SMILES string of the molecule is O=CCc1ncccc1Br. The number of aldehydes is 1. The molecule has 3 heteroatoms. The Morgan fingerprint density at radius 2 is 2.50 bits per heavy atom. The quantitative estimate of drug-likeness (QED) is 0.678. The number of pyridine rings is 1. The highest BCUT2D eigenvalue weighted by Gasteiger charge is 1.96. The Hall–Kier alpha value is -0.700. The zero-order valence-electron chi connectivity index (χ0n) is 5.25. The van der Waals surface area contributed by atoms with Gasteiger partial charge in [0.15, 0.2) is 0 Å². The molecule has 0 aliphatic rings. The number of carbonyl (C=O) groups excluding carboxylic acids is 1. The van der Waals surface area contributed by atoms with E-state index in [0.717, 1.165) is 16.5 Å². The van der Waals surface area contributed by atoms with Crippen LogP contribution < -0.4 is 0 Å². The van der Waals surface area contributed by atoms with Crippen molar-refractivity contribution >= 4 is 22.2 Å². The number of carbonyl (C=O) groups is 1. The van der Waals surface area contributed by atoms with Gasteiger partial charge in [-0.25, -0.2) is 0 Å². The second-order valence-corrected chi connectivity index (χ2v) is 2.66. The minimum Gasteiger partial charge on any atom is -0.303 e. The van der Waals surface area contributed by atoms with E-state index in [-0.39, 0.29) is 0 Å². The summed E-state index contributed by atoms with van der Waals surface area (Å²) in [5.74, 6) is 0. The maximum absolute atomic E-state index is 10.1. The molecule has 0 spiro atoms. The van der Waals surface area contributed by atoms with Gasteiger partial charge in [0.05, 0.1) is 5.69 Å². The van der Waals surface area contributed by atoms with E-state index in [9.17, 15) is 4.79 Å². The topological polar surface area (TPSA) is 30.0 Å². The van der Waals surface area contributed by atoms with Crippen molar-refractivity contribution in [2.75, 3.05) is 0 Å². The van der Waals surface area contributed by atoms with Crippen molar-refractivity contribution in [3.63, 3.8) is 0 Å². The Morgan fingerprint density at radius 1 is 1.70 bits per heavy atom. The molecule has 0 aliphatic heterocycles. The molecule has 10 heavy (non-hydrogen) atoms. The Balaban J connectivity index is 2.91. The van der Waals surface area contributed by atoms with Crippen molar-refractivity contribution in [2.45, 2.75) is 6.42 Å². The lowest BCUT2D eigenvalue weighted by molar-refractivity contribution is -0.107. The van der Waals surface area contributed by atoms with Crippen molar-refractivity contribution in [3.05, 3.63) is 28.5 Å². The van der Waals surface area contributed by atoms with Gasteiger partial charge in [0.1, 0.15) is 6.29 Å². The predicted octanol–water partition coefficient (Wildman–Crippen LogP) is 1.59. The summed E-state index contributed by atoms with van der Waals surface area (Å²) in [6.07, 6.45) is 2.89. The first-order valence-electron chi connectivity index (χ1n) is 2.87. The molecule has 1 aromatic heterocycles. The smallest absolute Gasteiger partial charge is 0.125 e.